The van der Waals surface area contributed by atoms with Crippen LogP contribution in [0.3, 0.4) is 0 Å². The van der Waals surface area contributed by atoms with E-state index in [4.69, 9.17) is 4.74 Å². The van der Waals surface area contributed by atoms with Gasteiger partial charge in [0, 0.05) is 12.5 Å². The van der Waals surface area contributed by atoms with Crippen LogP contribution in [-0.2, 0) is 41.1 Å². The Morgan fingerprint density at radius 3 is 2.02 bits per heavy atom. The number of aryl methyl sites for hydroxylation is 2. The number of rotatable bonds is 6. The predicted molar refractivity (Wildman–Crippen MR) is 137 cm³/mol. The van der Waals surface area contributed by atoms with Gasteiger partial charge in [-0.1, -0.05) is 6.07 Å². The summed E-state index contributed by atoms with van der Waals surface area (Å²) in [6, 6.07) is 3.32. The van der Waals surface area contributed by atoms with Crippen LogP contribution in [0.5, 0.6) is 0 Å². The summed E-state index contributed by atoms with van der Waals surface area (Å²) in [6.07, 6.45) is -13.5. The summed E-state index contributed by atoms with van der Waals surface area (Å²) in [5.41, 5.74) is -0.631. The van der Waals surface area contributed by atoms with Gasteiger partial charge in [0.25, 0.3) is 0 Å². The molecule has 0 spiro atoms. The Kier molecular flexibility index (Phi) is 8.44. The zero-order chi connectivity index (χ0) is 32.0. The van der Waals surface area contributed by atoms with Crippen molar-refractivity contribution in [3.8, 4) is 0 Å². The van der Waals surface area contributed by atoms with Gasteiger partial charge in [0.05, 0.1) is 29.5 Å². The highest BCUT2D eigenvalue weighted by atomic mass is 19.4. The zero-order valence-electron chi connectivity index (χ0n) is 23.0. The molecule has 240 valence electrons. The number of halogens is 9. The molecular weight excluding hydrogens is 611 g/mol. The molecule has 2 aliphatic carbocycles. The van der Waals surface area contributed by atoms with E-state index in [1.165, 1.54) is 4.90 Å². The minimum atomic E-state index is -5.02. The van der Waals surface area contributed by atoms with Crippen LogP contribution in [0.4, 0.5) is 54.8 Å². The Balaban J connectivity index is 1.33. The maximum atomic E-state index is 13.2. The van der Waals surface area contributed by atoms with Crippen LogP contribution >= 0.6 is 0 Å². The number of hydrogen-bond donors (Lipinski definition) is 1. The van der Waals surface area contributed by atoms with Crippen LogP contribution < -0.4 is 10.2 Å². The third-order valence-electron chi connectivity index (χ3n) is 7.97. The number of amides is 2. The van der Waals surface area contributed by atoms with Crippen molar-refractivity contribution in [3.63, 3.8) is 0 Å². The van der Waals surface area contributed by atoms with Gasteiger partial charge in [0.1, 0.15) is 0 Å². The zero-order valence-corrected chi connectivity index (χ0v) is 23.0. The Morgan fingerprint density at radius 2 is 1.45 bits per heavy atom. The van der Waals surface area contributed by atoms with Crippen molar-refractivity contribution < 1.29 is 58.6 Å². The van der Waals surface area contributed by atoms with Gasteiger partial charge in [-0.3, -0.25) is 4.90 Å². The van der Waals surface area contributed by atoms with E-state index in [2.05, 4.69) is 10.1 Å². The smallest absolute Gasteiger partial charge is 0.422 e. The van der Waals surface area contributed by atoms with Gasteiger partial charge < -0.3 is 14.8 Å². The average Bonchev–Trinajstić information content (AvgIpc) is 3.66. The molecule has 1 heterocycles. The Hall–Kier alpha value is -3.65. The van der Waals surface area contributed by atoms with Crippen LogP contribution in [0, 0.1) is 5.92 Å². The van der Waals surface area contributed by atoms with Crippen LogP contribution in [0.15, 0.2) is 30.3 Å². The number of ether oxygens (including phenoxy) is 2. The number of carbonyl (C=O) groups is 2. The van der Waals surface area contributed by atoms with Gasteiger partial charge >= 0.3 is 30.7 Å². The Labute approximate surface area is 245 Å². The fourth-order valence-electron chi connectivity index (χ4n) is 5.85. The second kappa shape index (κ2) is 11.7. The molecule has 1 aliphatic heterocycles. The molecule has 15 heteroatoms. The minimum Gasteiger partial charge on any atom is -0.449 e. The number of anilines is 1. The van der Waals surface area contributed by atoms with Gasteiger partial charge in [-0.05, 0) is 91.0 Å². The van der Waals surface area contributed by atoms with Crippen molar-refractivity contribution in [2.75, 3.05) is 18.1 Å². The summed E-state index contributed by atoms with van der Waals surface area (Å²) >= 11 is 0. The average molecular weight is 639 g/mol. The van der Waals surface area contributed by atoms with Crippen molar-refractivity contribution in [1.29, 1.82) is 0 Å². The number of nitrogens with one attached hydrogen (secondary N) is 1. The lowest BCUT2D eigenvalue weighted by Gasteiger charge is -2.41. The van der Waals surface area contributed by atoms with Crippen LogP contribution in [0.2, 0.25) is 0 Å². The minimum absolute atomic E-state index is 0.00677. The molecular formula is C29H27F9N2O4. The molecule has 0 aromatic heterocycles. The van der Waals surface area contributed by atoms with Crippen molar-refractivity contribution in [1.82, 2.24) is 5.32 Å². The first-order valence-corrected chi connectivity index (χ1v) is 13.9. The summed E-state index contributed by atoms with van der Waals surface area (Å²) in [4.78, 5) is 27.0. The van der Waals surface area contributed by atoms with Gasteiger partial charge in [-0.15, -0.1) is 0 Å². The largest absolute Gasteiger partial charge is 0.449 e. The monoisotopic (exact) mass is 638 g/mol. The topological polar surface area (TPSA) is 67.9 Å². The van der Waals surface area contributed by atoms with E-state index in [9.17, 15) is 49.1 Å². The maximum Gasteiger partial charge on any atom is 0.422 e. The number of hydrogen-bond acceptors (Lipinski definition) is 4. The fraction of sp³-hybridized carbons (Fsp3) is 0.517. The molecule has 2 unspecified atom stereocenters. The van der Waals surface area contributed by atoms with E-state index >= 15 is 0 Å². The third kappa shape index (κ3) is 7.34. The van der Waals surface area contributed by atoms with Crippen LogP contribution in [0.1, 0.15) is 65.1 Å². The summed E-state index contributed by atoms with van der Waals surface area (Å²) in [5.74, 6) is -0.0427. The molecule has 6 nitrogen and oxygen atoms in total. The van der Waals surface area contributed by atoms with Gasteiger partial charge in [0.15, 0.2) is 6.61 Å². The van der Waals surface area contributed by atoms with Gasteiger partial charge in [-0.2, -0.15) is 39.5 Å². The van der Waals surface area contributed by atoms with E-state index in [0.29, 0.717) is 42.6 Å². The SMILES string of the molecule is O=C(NC1CC(C2CC2)N(C(=O)OCC(F)(F)F)c2cc3c(cc21)CCC3)OCCc1cc(C(F)(F)F)cc(C(F)(F)F)c1. The molecule has 44 heavy (non-hydrogen) atoms. The highest BCUT2D eigenvalue weighted by molar-refractivity contribution is 5.91. The first-order valence-electron chi connectivity index (χ1n) is 13.9. The fourth-order valence-corrected chi connectivity index (χ4v) is 5.85. The predicted octanol–water partition coefficient (Wildman–Crippen LogP) is 7.91. The quantitative estimate of drug-likeness (QED) is 0.327. The molecule has 0 bridgehead atoms. The molecule has 1 fully saturated rings. The second-order valence-corrected chi connectivity index (χ2v) is 11.2. The van der Waals surface area contributed by atoms with Crippen molar-refractivity contribution in [3.05, 3.63) is 63.7 Å². The highest BCUT2D eigenvalue weighted by Crippen LogP contribution is 2.48. The molecule has 3 aliphatic rings. The Morgan fingerprint density at radius 1 is 0.841 bits per heavy atom. The molecule has 1 saturated carbocycles. The number of benzene rings is 2. The summed E-state index contributed by atoms with van der Waals surface area (Å²) in [7, 11) is 0. The molecule has 0 radical (unpaired) electrons. The van der Waals surface area contributed by atoms with Crippen molar-refractivity contribution in [2.24, 2.45) is 5.92 Å². The van der Waals surface area contributed by atoms with Gasteiger partial charge in [-0.25, -0.2) is 9.59 Å². The van der Waals surface area contributed by atoms with Crippen LogP contribution in [0.25, 0.3) is 0 Å². The summed E-state index contributed by atoms with van der Waals surface area (Å²) < 4.78 is 127. The molecule has 1 N–H and O–H groups in total. The van der Waals surface area contributed by atoms with E-state index in [1.54, 1.807) is 12.1 Å². The molecule has 2 aromatic carbocycles. The number of nitrogens with zero attached hydrogens (tertiary/aromatic N) is 1. The van der Waals surface area contributed by atoms with E-state index < -0.39 is 73.6 Å². The second-order valence-electron chi connectivity index (χ2n) is 11.2. The number of carbonyl (C=O) groups excluding carboxylic acids is 2. The van der Waals surface area contributed by atoms with E-state index in [1.807, 2.05) is 0 Å². The first kappa shape index (κ1) is 31.8. The molecule has 0 saturated heterocycles. The first-order chi connectivity index (χ1) is 20.5. The number of alkyl carbamates (subject to hydrolysis) is 1. The lowest BCUT2D eigenvalue weighted by atomic mass is 9.87. The van der Waals surface area contributed by atoms with Crippen LogP contribution in [-0.4, -0.2) is 37.6 Å². The molecule has 2 atom stereocenters. The van der Waals surface area contributed by atoms with Crippen molar-refractivity contribution >= 4 is 17.9 Å². The van der Waals surface area contributed by atoms with Gasteiger partial charge in [0.2, 0.25) is 0 Å². The molecule has 2 aromatic rings. The lowest BCUT2D eigenvalue weighted by Crippen LogP contribution is -2.49. The molecule has 2 amide bonds. The highest BCUT2D eigenvalue weighted by Gasteiger charge is 2.46. The van der Waals surface area contributed by atoms with E-state index in [0.717, 1.165) is 24.0 Å². The summed E-state index contributed by atoms with van der Waals surface area (Å²) in [5, 5.41) is 2.67. The van der Waals surface area contributed by atoms with Crippen molar-refractivity contribution in [2.45, 2.75) is 75.6 Å². The van der Waals surface area contributed by atoms with E-state index in [-0.39, 0.29) is 24.0 Å². The lowest BCUT2D eigenvalue weighted by molar-refractivity contribution is -0.160. The molecule has 5 rings (SSSR count). The third-order valence-corrected chi connectivity index (χ3v) is 7.97. The maximum absolute atomic E-state index is 13.2. The number of alkyl halides is 9. The standard InChI is InChI=1S/C29H27F9N2O4/c30-27(31,32)14-44-26(42)40-23(16-4-5-16)13-22(21-10-17-2-1-3-18(17)11-24(21)40)39-25(41)43-7-6-15-8-19(28(33,34)35)12-20(9-15)29(36,37)38/h8-12,16,22-23H,1-7,13-14H2,(H,39,41). The number of fused-ring (bicyclic) bond motifs is 2. The summed E-state index contributed by atoms with van der Waals surface area (Å²) in [6.45, 7) is -2.29. The normalized spacial score (nSPS) is 20.2. The Bertz CT molecular complexity index is 1390.